The molecule has 5 nitrogen and oxygen atoms in total. The Labute approximate surface area is 151 Å². The molecule has 9 heteroatoms. The zero-order valence-electron chi connectivity index (χ0n) is 17.1. The average Bonchev–Trinajstić information content (AvgIpc) is 2.53. The molecule has 0 rings (SSSR count). The maximum atomic E-state index is 12.1. The summed E-state index contributed by atoms with van der Waals surface area (Å²) in [6.07, 6.45) is 1.98. The van der Waals surface area contributed by atoms with Crippen molar-refractivity contribution in [3.8, 4) is 0 Å². The highest BCUT2D eigenvalue weighted by molar-refractivity contribution is 7.87. The summed E-state index contributed by atoms with van der Waals surface area (Å²) in [5.74, 6) is -0.374. The Morgan fingerprint density at radius 1 is 0.917 bits per heavy atom. The number of carbonyl (C=O) groups is 1. The van der Waals surface area contributed by atoms with Crippen molar-refractivity contribution in [1.29, 1.82) is 0 Å². The van der Waals surface area contributed by atoms with Crippen LogP contribution in [0, 0.1) is 0 Å². The first kappa shape index (κ1) is 24.0. The van der Waals surface area contributed by atoms with Crippen molar-refractivity contribution in [1.82, 2.24) is 0 Å². The van der Waals surface area contributed by atoms with E-state index in [0.29, 0.717) is 0 Å². The van der Waals surface area contributed by atoms with Gasteiger partial charge in [0.05, 0.1) is 5.73 Å². The van der Waals surface area contributed by atoms with Crippen molar-refractivity contribution in [3.05, 3.63) is 12.7 Å². The van der Waals surface area contributed by atoms with E-state index in [1.165, 1.54) is 6.08 Å². The Kier molecular flexibility index (Phi) is 8.55. The fourth-order valence-electron chi connectivity index (χ4n) is 4.49. The van der Waals surface area contributed by atoms with Gasteiger partial charge in [0.2, 0.25) is 0 Å². The largest absolute Gasteiger partial charge is 0.464 e. The fraction of sp³-hybridized carbons (Fsp3) is 0.800. The molecule has 0 aromatic carbocycles. The highest BCUT2D eigenvalue weighted by Gasteiger charge is 2.75. The molecular formula is C15H36O5Si4. The van der Waals surface area contributed by atoms with Crippen molar-refractivity contribution in [3.63, 3.8) is 0 Å². The highest BCUT2D eigenvalue weighted by atomic mass is 29.9. The van der Waals surface area contributed by atoms with Crippen LogP contribution in [-0.2, 0) is 22.8 Å². The van der Waals surface area contributed by atoms with Crippen LogP contribution in [0.2, 0.25) is 39.3 Å². The predicted octanol–water partition coefficient (Wildman–Crippen LogP) is 3.27. The molecule has 0 aromatic heterocycles. The van der Waals surface area contributed by atoms with E-state index in [0.717, 1.165) is 6.42 Å². The maximum Gasteiger partial charge on any atom is 0.330 e. The molecule has 1 unspecified atom stereocenters. The van der Waals surface area contributed by atoms with E-state index in [-0.39, 0.29) is 11.7 Å². The molecule has 0 spiro atoms. The minimum absolute atomic E-state index is 0.187. The van der Waals surface area contributed by atoms with Gasteiger partial charge in [0, 0.05) is 27.4 Å². The molecule has 24 heavy (non-hydrogen) atoms. The van der Waals surface area contributed by atoms with Crippen LogP contribution in [0.15, 0.2) is 12.7 Å². The Hall–Kier alpha value is -0.0425. The van der Waals surface area contributed by atoms with Crippen LogP contribution in [0.25, 0.3) is 0 Å². The molecule has 0 aliphatic carbocycles. The SMILES string of the molecule is C=CC(=O)OC(CC)[Si]([Si](C)(C)OC)([Si](C)(C)OC)[Si](C)(C)OC. The summed E-state index contributed by atoms with van der Waals surface area (Å²) in [7, 11) is -1.33. The molecule has 0 heterocycles. The monoisotopic (exact) mass is 408 g/mol. The third-order valence-electron chi connectivity index (χ3n) is 5.66. The lowest BCUT2D eigenvalue weighted by Crippen LogP contribution is -2.91. The summed E-state index contributed by atoms with van der Waals surface area (Å²) < 4.78 is 24.5. The van der Waals surface area contributed by atoms with Gasteiger partial charge in [0.25, 0.3) is 0 Å². The summed E-state index contributed by atoms with van der Waals surface area (Å²) in [4.78, 5) is 12.1. The lowest BCUT2D eigenvalue weighted by Gasteiger charge is -2.58. The maximum absolute atomic E-state index is 12.1. The minimum Gasteiger partial charge on any atom is -0.464 e. The summed E-state index contributed by atoms with van der Waals surface area (Å²) >= 11 is 0. The van der Waals surface area contributed by atoms with Gasteiger partial charge in [-0.1, -0.05) is 13.5 Å². The molecule has 0 bridgehead atoms. The molecule has 0 saturated carbocycles. The summed E-state index contributed by atoms with van der Waals surface area (Å²) in [6, 6.07) is 0. The molecule has 0 amide bonds. The van der Waals surface area contributed by atoms with Gasteiger partial charge in [0.1, 0.15) is 0 Å². The van der Waals surface area contributed by atoms with Gasteiger partial charge in [-0.3, -0.25) is 0 Å². The highest BCUT2D eigenvalue weighted by Crippen LogP contribution is 2.42. The fourth-order valence-corrected chi connectivity index (χ4v) is 83.0. The second-order valence-corrected chi connectivity index (χ2v) is 42.5. The summed E-state index contributed by atoms with van der Waals surface area (Å²) in [5, 5.41) is 0. The molecule has 0 N–H and O–H groups in total. The molecule has 0 saturated heterocycles. The number of esters is 1. The Morgan fingerprint density at radius 3 is 1.46 bits per heavy atom. The Balaban J connectivity index is 6.82. The third-order valence-corrected chi connectivity index (χ3v) is 70.3. The smallest absolute Gasteiger partial charge is 0.330 e. The van der Waals surface area contributed by atoms with E-state index in [4.69, 9.17) is 18.0 Å². The van der Waals surface area contributed by atoms with Crippen LogP contribution in [0.5, 0.6) is 0 Å². The first-order valence-electron chi connectivity index (χ1n) is 8.33. The van der Waals surface area contributed by atoms with Gasteiger partial charge in [0.15, 0.2) is 30.1 Å². The van der Waals surface area contributed by atoms with E-state index in [1.54, 1.807) is 21.3 Å². The number of hydrogen-bond acceptors (Lipinski definition) is 5. The van der Waals surface area contributed by atoms with E-state index in [9.17, 15) is 4.79 Å². The van der Waals surface area contributed by atoms with E-state index in [2.05, 4.69) is 52.8 Å². The van der Waals surface area contributed by atoms with Crippen LogP contribution < -0.4 is 0 Å². The van der Waals surface area contributed by atoms with Gasteiger partial charge >= 0.3 is 5.97 Å². The normalized spacial score (nSPS) is 15.1. The molecule has 0 aliphatic heterocycles. The van der Waals surface area contributed by atoms with Crippen LogP contribution in [0.4, 0.5) is 0 Å². The predicted molar refractivity (Wildman–Crippen MR) is 110 cm³/mol. The number of carbonyl (C=O) groups excluding carboxylic acids is 1. The number of hydrogen-bond donors (Lipinski definition) is 0. The topological polar surface area (TPSA) is 54.0 Å². The molecular weight excluding hydrogens is 373 g/mol. The molecule has 1 atom stereocenters. The zero-order valence-corrected chi connectivity index (χ0v) is 21.1. The van der Waals surface area contributed by atoms with Crippen LogP contribution in [0.3, 0.4) is 0 Å². The van der Waals surface area contributed by atoms with E-state index < -0.39 is 30.1 Å². The first-order valence-corrected chi connectivity index (χ1v) is 22.1. The van der Waals surface area contributed by atoms with Crippen LogP contribution in [-0.4, -0.2) is 63.2 Å². The van der Waals surface area contributed by atoms with Gasteiger partial charge in [-0.2, -0.15) is 0 Å². The number of rotatable bonds is 10. The standard InChI is InChI=1S/C15H36O5Si4/c1-12-14(16)20-15(13-2)24(21(6,7)17-3,22(8,9)18-4)23(10,11)19-5/h12,15H,1,13H2,2-11H3. The average molecular weight is 409 g/mol. The third kappa shape index (κ3) is 3.86. The molecule has 0 fully saturated rings. The van der Waals surface area contributed by atoms with Gasteiger partial charge < -0.3 is 18.0 Å². The molecule has 0 aliphatic rings. The van der Waals surface area contributed by atoms with Crippen molar-refractivity contribution < 1.29 is 22.8 Å². The van der Waals surface area contributed by atoms with Gasteiger partial charge in [-0.15, -0.1) is 0 Å². The summed E-state index contributed by atoms with van der Waals surface area (Å²) in [6.45, 7) is 16.7. The van der Waals surface area contributed by atoms with Gasteiger partial charge in [-0.05, 0) is 45.7 Å². The second-order valence-electron chi connectivity index (χ2n) is 7.49. The van der Waals surface area contributed by atoms with E-state index in [1.807, 2.05) is 0 Å². The quantitative estimate of drug-likeness (QED) is 0.315. The minimum atomic E-state index is -2.43. The molecule has 0 radical (unpaired) electrons. The zero-order chi connectivity index (χ0) is 19.4. The van der Waals surface area contributed by atoms with Crippen molar-refractivity contribution in [2.45, 2.75) is 58.4 Å². The number of ether oxygens (including phenoxy) is 1. The second kappa shape index (κ2) is 8.56. The lowest BCUT2D eigenvalue weighted by molar-refractivity contribution is -0.139. The van der Waals surface area contributed by atoms with Crippen LogP contribution >= 0.6 is 0 Å². The van der Waals surface area contributed by atoms with Crippen molar-refractivity contribution >= 4 is 36.1 Å². The summed E-state index contributed by atoms with van der Waals surface area (Å²) in [5.41, 5.74) is -0.187. The molecule has 142 valence electrons. The lowest BCUT2D eigenvalue weighted by atomic mass is 10.5. The van der Waals surface area contributed by atoms with E-state index >= 15 is 0 Å². The van der Waals surface area contributed by atoms with Crippen molar-refractivity contribution in [2.24, 2.45) is 0 Å². The van der Waals surface area contributed by atoms with Gasteiger partial charge in [-0.25, -0.2) is 4.79 Å². The first-order chi connectivity index (χ1) is 10.8. The Morgan fingerprint density at radius 2 is 1.25 bits per heavy atom. The van der Waals surface area contributed by atoms with Crippen LogP contribution in [0.1, 0.15) is 13.3 Å². The Bertz CT molecular complexity index is 410. The molecule has 0 aromatic rings. The van der Waals surface area contributed by atoms with Crippen molar-refractivity contribution in [2.75, 3.05) is 21.3 Å².